The van der Waals surface area contributed by atoms with Crippen molar-refractivity contribution in [1.82, 2.24) is 10.0 Å². The summed E-state index contributed by atoms with van der Waals surface area (Å²) in [5.41, 5.74) is 1.89. The maximum Gasteiger partial charge on any atom is 0.215 e. The Labute approximate surface area is 103 Å². The van der Waals surface area contributed by atoms with Crippen LogP contribution in [0, 0.1) is 6.92 Å². The second kappa shape index (κ2) is 6.14. The van der Waals surface area contributed by atoms with Gasteiger partial charge in [-0.2, -0.15) is 0 Å². The van der Waals surface area contributed by atoms with Crippen LogP contribution in [0.4, 0.5) is 0 Å². The first kappa shape index (κ1) is 14.2. The van der Waals surface area contributed by atoms with E-state index in [9.17, 15) is 8.42 Å². The molecule has 0 aliphatic rings. The first-order valence-electron chi connectivity index (χ1n) is 5.63. The molecule has 1 unspecified atom stereocenters. The minimum atomic E-state index is -3.25. The van der Waals surface area contributed by atoms with Gasteiger partial charge in [0.05, 0.1) is 5.75 Å². The van der Waals surface area contributed by atoms with E-state index in [1.165, 1.54) is 0 Å². The van der Waals surface area contributed by atoms with Crippen LogP contribution in [-0.4, -0.2) is 28.1 Å². The largest absolute Gasteiger partial charge is 0.316 e. The molecule has 4 nitrogen and oxygen atoms in total. The molecule has 1 aromatic rings. The molecule has 0 saturated heterocycles. The molecule has 0 aliphatic carbocycles. The first-order valence-corrected chi connectivity index (χ1v) is 7.28. The van der Waals surface area contributed by atoms with Gasteiger partial charge in [0, 0.05) is 12.6 Å². The van der Waals surface area contributed by atoms with Gasteiger partial charge >= 0.3 is 0 Å². The highest BCUT2D eigenvalue weighted by Gasteiger charge is 2.12. The molecular formula is C12H20N2O2S. The molecule has 0 heterocycles. The predicted octanol–water partition coefficient (Wildman–Crippen LogP) is 1.02. The summed E-state index contributed by atoms with van der Waals surface area (Å²) >= 11 is 0. The molecule has 1 aromatic carbocycles. The molecule has 0 saturated carbocycles. The smallest absolute Gasteiger partial charge is 0.215 e. The van der Waals surface area contributed by atoms with Crippen molar-refractivity contribution in [2.24, 2.45) is 0 Å². The van der Waals surface area contributed by atoms with Gasteiger partial charge in [0.25, 0.3) is 0 Å². The summed E-state index contributed by atoms with van der Waals surface area (Å²) < 4.78 is 26.2. The summed E-state index contributed by atoms with van der Waals surface area (Å²) in [4.78, 5) is 0. The van der Waals surface area contributed by atoms with E-state index in [0.29, 0.717) is 6.54 Å². The van der Waals surface area contributed by atoms with Crippen LogP contribution in [0.1, 0.15) is 18.1 Å². The Bertz CT molecular complexity index is 457. The van der Waals surface area contributed by atoms with Gasteiger partial charge < -0.3 is 5.32 Å². The predicted molar refractivity (Wildman–Crippen MR) is 70.3 cm³/mol. The van der Waals surface area contributed by atoms with Gasteiger partial charge in [0.15, 0.2) is 0 Å². The monoisotopic (exact) mass is 256 g/mol. The maximum absolute atomic E-state index is 11.8. The van der Waals surface area contributed by atoms with Gasteiger partial charge in [-0.1, -0.05) is 29.8 Å². The minimum Gasteiger partial charge on any atom is -0.316 e. The maximum atomic E-state index is 11.8. The molecule has 0 radical (unpaired) electrons. The van der Waals surface area contributed by atoms with E-state index >= 15 is 0 Å². The normalized spacial score (nSPS) is 13.6. The van der Waals surface area contributed by atoms with Gasteiger partial charge in [-0.15, -0.1) is 0 Å². The number of aryl methyl sites for hydroxylation is 1. The molecule has 5 heteroatoms. The van der Waals surface area contributed by atoms with E-state index in [0.717, 1.165) is 11.1 Å². The lowest BCUT2D eigenvalue weighted by molar-refractivity contribution is 0.553. The zero-order valence-electron chi connectivity index (χ0n) is 10.5. The Morgan fingerprint density at radius 2 is 2.06 bits per heavy atom. The summed E-state index contributed by atoms with van der Waals surface area (Å²) in [6.07, 6.45) is 0. The number of benzene rings is 1. The molecule has 0 fully saturated rings. The highest BCUT2D eigenvalue weighted by Crippen LogP contribution is 2.07. The van der Waals surface area contributed by atoms with Gasteiger partial charge in [0.2, 0.25) is 10.0 Å². The molecule has 0 amide bonds. The van der Waals surface area contributed by atoms with Crippen LogP contribution < -0.4 is 10.0 Å². The number of hydrogen-bond acceptors (Lipinski definition) is 3. The molecular weight excluding hydrogens is 236 g/mol. The quantitative estimate of drug-likeness (QED) is 0.799. The van der Waals surface area contributed by atoms with Crippen LogP contribution in [0.2, 0.25) is 0 Å². The summed E-state index contributed by atoms with van der Waals surface area (Å²) in [5, 5.41) is 2.98. The van der Waals surface area contributed by atoms with Gasteiger partial charge in [-0.25, -0.2) is 13.1 Å². The van der Waals surface area contributed by atoms with E-state index in [1.807, 2.05) is 38.1 Å². The van der Waals surface area contributed by atoms with Crippen LogP contribution in [0.5, 0.6) is 0 Å². The Morgan fingerprint density at radius 3 is 2.65 bits per heavy atom. The second-order valence-corrected chi connectivity index (χ2v) is 6.09. The average molecular weight is 256 g/mol. The summed E-state index contributed by atoms with van der Waals surface area (Å²) in [6, 6.07) is 7.67. The number of sulfonamides is 1. The van der Waals surface area contributed by atoms with Crippen LogP contribution >= 0.6 is 0 Å². The molecule has 96 valence electrons. The fourth-order valence-electron chi connectivity index (χ4n) is 1.43. The minimum absolute atomic E-state index is 0.0329. The van der Waals surface area contributed by atoms with Gasteiger partial charge in [0.1, 0.15) is 0 Å². The average Bonchev–Trinajstić information content (AvgIpc) is 2.25. The zero-order chi connectivity index (χ0) is 12.9. The van der Waals surface area contributed by atoms with Crippen molar-refractivity contribution >= 4 is 10.0 Å². The lowest BCUT2D eigenvalue weighted by Gasteiger charge is -2.12. The number of likely N-dealkylation sites (N-methyl/N-ethyl adjacent to an activating group) is 1. The van der Waals surface area contributed by atoms with Crippen LogP contribution in [0.25, 0.3) is 0 Å². The Kier molecular flexibility index (Phi) is 5.11. The fourth-order valence-corrected chi connectivity index (χ4v) is 2.65. The molecule has 1 rings (SSSR count). The lowest BCUT2D eigenvalue weighted by Crippen LogP contribution is -2.37. The third-order valence-electron chi connectivity index (χ3n) is 2.54. The number of rotatable bonds is 6. The van der Waals surface area contributed by atoms with E-state index < -0.39 is 10.0 Å². The molecule has 0 spiro atoms. The molecule has 0 bridgehead atoms. The number of hydrogen-bond donors (Lipinski definition) is 2. The third kappa shape index (κ3) is 5.30. The summed E-state index contributed by atoms with van der Waals surface area (Å²) in [6.45, 7) is 4.28. The van der Waals surface area contributed by atoms with Crippen molar-refractivity contribution in [3.05, 3.63) is 35.4 Å². The highest BCUT2D eigenvalue weighted by atomic mass is 32.2. The van der Waals surface area contributed by atoms with Crippen molar-refractivity contribution in [3.8, 4) is 0 Å². The lowest BCUT2D eigenvalue weighted by atomic mass is 10.2. The van der Waals surface area contributed by atoms with E-state index in [1.54, 1.807) is 7.05 Å². The van der Waals surface area contributed by atoms with Gasteiger partial charge in [-0.3, -0.25) is 0 Å². The second-order valence-electron chi connectivity index (χ2n) is 4.29. The summed E-state index contributed by atoms with van der Waals surface area (Å²) in [5.74, 6) is 0.0329. The number of nitrogens with one attached hydrogen (secondary N) is 2. The molecule has 2 N–H and O–H groups in total. The van der Waals surface area contributed by atoms with E-state index in [-0.39, 0.29) is 11.8 Å². The fraction of sp³-hybridized carbons (Fsp3) is 0.500. The van der Waals surface area contributed by atoms with Crippen molar-refractivity contribution in [2.45, 2.75) is 25.6 Å². The zero-order valence-corrected chi connectivity index (χ0v) is 11.3. The van der Waals surface area contributed by atoms with Crippen molar-refractivity contribution in [2.75, 3.05) is 13.6 Å². The van der Waals surface area contributed by atoms with E-state index in [2.05, 4.69) is 10.0 Å². The Morgan fingerprint density at radius 1 is 1.35 bits per heavy atom. The van der Waals surface area contributed by atoms with Crippen LogP contribution in [0.3, 0.4) is 0 Å². The van der Waals surface area contributed by atoms with Crippen molar-refractivity contribution < 1.29 is 8.42 Å². The molecule has 0 aliphatic heterocycles. The Hall–Kier alpha value is -0.910. The Balaban J connectivity index is 2.61. The van der Waals surface area contributed by atoms with Gasteiger partial charge in [-0.05, 0) is 26.5 Å². The molecule has 0 aromatic heterocycles. The molecule has 17 heavy (non-hydrogen) atoms. The van der Waals surface area contributed by atoms with Crippen molar-refractivity contribution in [3.63, 3.8) is 0 Å². The SMILES string of the molecule is CNC(C)CNS(=O)(=O)Cc1cccc(C)c1. The van der Waals surface area contributed by atoms with Crippen molar-refractivity contribution in [1.29, 1.82) is 0 Å². The van der Waals surface area contributed by atoms with E-state index in [4.69, 9.17) is 0 Å². The first-order chi connectivity index (χ1) is 7.93. The molecule has 1 atom stereocenters. The third-order valence-corrected chi connectivity index (χ3v) is 3.86. The topological polar surface area (TPSA) is 58.2 Å². The van der Waals surface area contributed by atoms with Crippen LogP contribution in [0.15, 0.2) is 24.3 Å². The highest BCUT2D eigenvalue weighted by molar-refractivity contribution is 7.88. The van der Waals surface area contributed by atoms with Crippen LogP contribution in [-0.2, 0) is 15.8 Å². The summed E-state index contributed by atoms with van der Waals surface area (Å²) in [7, 11) is -1.44. The standard InChI is InChI=1S/C12H20N2O2S/c1-10-5-4-6-12(7-10)9-17(15,16)14-8-11(2)13-3/h4-7,11,13-14H,8-9H2,1-3H3.